The highest BCUT2D eigenvalue weighted by Gasteiger charge is 2.22. The van der Waals surface area contributed by atoms with E-state index in [4.69, 9.17) is 9.47 Å². The van der Waals surface area contributed by atoms with E-state index >= 15 is 0 Å². The van der Waals surface area contributed by atoms with Crippen molar-refractivity contribution in [2.75, 3.05) is 13.2 Å². The van der Waals surface area contributed by atoms with Crippen LogP contribution in [0, 0.1) is 11.8 Å². The summed E-state index contributed by atoms with van der Waals surface area (Å²) in [5.41, 5.74) is 0. The number of rotatable bonds is 14. The average molecular weight is 605 g/mol. The molecule has 178 valence electrons. The highest BCUT2D eigenvalue weighted by molar-refractivity contribution is 9.11. The van der Waals surface area contributed by atoms with Gasteiger partial charge in [0.2, 0.25) is 0 Å². The van der Waals surface area contributed by atoms with E-state index in [1.807, 2.05) is 0 Å². The number of ether oxygens (including phenoxy) is 2. The zero-order valence-corrected chi connectivity index (χ0v) is 24.6. The molecule has 0 radical (unpaired) electrons. The molecular formula is C26H36Br2O2S2. The van der Waals surface area contributed by atoms with Crippen molar-refractivity contribution in [2.24, 2.45) is 11.8 Å². The molecule has 3 rings (SSSR count). The molecule has 0 spiro atoms. The molecule has 0 aliphatic heterocycles. The predicted octanol–water partition coefficient (Wildman–Crippen LogP) is 10.8. The van der Waals surface area contributed by atoms with Gasteiger partial charge in [-0.1, -0.05) is 66.2 Å². The standard InChI is InChI=1S/C26H36Br2O2S2/c1-5-9-11-17(7-3)15-29-23-19-13-21(27)32-26(19)24(20-14-22(28)31-25(20)23)30-16-18(8-4)12-10-6-2/h13-14,17-18H,5-12,15-16H2,1-4H3/t17-,18-/m1/s1. The Hall–Kier alpha value is -0.300. The molecule has 0 saturated carbocycles. The molecule has 2 aromatic heterocycles. The molecule has 0 saturated heterocycles. The molecule has 6 heteroatoms. The first-order valence-electron chi connectivity index (χ1n) is 12.1. The number of thiophene rings is 2. The van der Waals surface area contributed by atoms with Gasteiger partial charge >= 0.3 is 0 Å². The van der Waals surface area contributed by atoms with Crippen LogP contribution in [0.4, 0.5) is 0 Å². The molecule has 0 aliphatic carbocycles. The van der Waals surface area contributed by atoms with E-state index < -0.39 is 0 Å². The van der Waals surface area contributed by atoms with Gasteiger partial charge in [-0.25, -0.2) is 0 Å². The number of unbranched alkanes of at least 4 members (excludes halogenated alkanes) is 2. The van der Waals surface area contributed by atoms with E-state index in [2.05, 4.69) is 71.7 Å². The molecule has 0 bridgehead atoms. The van der Waals surface area contributed by atoms with E-state index in [1.54, 1.807) is 22.7 Å². The summed E-state index contributed by atoms with van der Waals surface area (Å²) in [4.78, 5) is 0. The van der Waals surface area contributed by atoms with Crippen LogP contribution in [0.1, 0.15) is 79.1 Å². The van der Waals surface area contributed by atoms with Gasteiger partial charge in [0.05, 0.1) is 30.2 Å². The molecule has 0 fully saturated rings. The van der Waals surface area contributed by atoms with Gasteiger partial charge in [0, 0.05) is 10.8 Å². The average Bonchev–Trinajstić information content (AvgIpc) is 3.36. The van der Waals surface area contributed by atoms with Crippen LogP contribution in [-0.2, 0) is 0 Å². The highest BCUT2D eigenvalue weighted by atomic mass is 79.9. The molecule has 1 aromatic carbocycles. The van der Waals surface area contributed by atoms with E-state index in [1.165, 1.54) is 58.7 Å². The Bertz CT molecular complexity index is 862. The molecule has 2 nitrogen and oxygen atoms in total. The Morgan fingerprint density at radius 2 is 1.12 bits per heavy atom. The third kappa shape index (κ3) is 6.43. The summed E-state index contributed by atoms with van der Waals surface area (Å²) in [6, 6.07) is 4.41. The van der Waals surface area contributed by atoms with Crippen molar-refractivity contribution in [1.82, 2.24) is 0 Å². The molecule has 3 aromatic rings. The highest BCUT2D eigenvalue weighted by Crippen LogP contribution is 2.51. The lowest BCUT2D eigenvalue weighted by atomic mass is 10.0. The van der Waals surface area contributed by atoms with Gasteiger partial charge in [0.1, 0.15) is 11.5 Å². The Balaban J connectivity index is 1.96. The minimum atomic E-state index is 0.602. The second kappa shape index (κ2) is 13.0. The minimum Gasteiger partial charge on any atom is -0.491 e. The molecule has 0 amide bonds. The van der Waals surface area contributed by atoms with Crippen molar-refractivity contribution < 1.29 is 9.47 Å². The van der Waals surface area contributed by atoms with Crippen LogP contribution in [-0.4, -0.2) is 13.2 Å². The Morgan fingerprint density at radius 1 is 0.719 bits per heavy atom. The maximum Gasteiger partial charge on any atom is 0.146 e. The number of halogens is 2. The minimum absolute atomic E-state index is 0.602. The zero-order valence-electron chi connectivity index (χ0n) is 19.8. The first-order valence-corrected chi connectivity index (χ1v) is 15.3. The number of fused-ring (bicyclic) bond motifs is 2. The SMILES string of the molecule is CCCC[C@@H](CC)COc1c2cc(Br)sc2c(OC[C@H](CC)CCCC)c2cc(Br)sc12. The number of hydrogen-bond donors (Lipinski definition) is 0. The lowest BCUT2D eigenvalue weighted by Crippen LogP contribution is -2.12. The van der Waals surface area contributed by atoms with Crippen molar-refractivity contribution in [3.8, 4) is 11.5 Å². The fourth-order valence-corrected chi connectivity index (χ4v) is 7.35. The second-order valence-electron chi connectivity index (χ2n) is 8.70. The van der Waals surface area contributed by atoms with Crippen molar-refractivity contribution >= 4 is 74.7 Å². The molecule has 2 atom stereocenters. The van der Waals surface area contributed by atoms with Crippen LogP contribution in [0.25, 0.3) is 20.2 Å². The van der Waals surface area contributed by atoms with Crippen molar-refractivity contribution in [2.45, 2.75) is 79.1 Å². The van der Waals surface area contributed by atoms with Crippen molar-refractivity contribution in [1.29, 1.82) is 0 Å². The second-order valence-corrected chi connectivity index (χ2v) is 13.6. The molecule has 2 heterocycles. The van der Waals surface area contributed by atoms with Gasteiger partial charge in [-0.3, -0.25) is 0 Å². The fourth-order valence-electron chi connectivity index (χ4n) is 4.13. The van der Waals surface area contributed by atoms with E-state index in [-0.39, 0.29) is 0 Å². The number of hydrogen-bond acceptors (Lipinski definition) is 4. The van der Waals surface area contributed by atoms with Crippen molar-refractivity contribution in [3.63, 3.8) is 0 Å². The zero-order chi connectivity index (χ0) is 23.1. The third-order valence-corrected chi connectivity index (χ3v) is 9.59. The molecule has 0 aliphatic rings. The summed E-state index contributed by atoms with van der Waals surface area (Å²) in [5, 5.41) is 2.34. The summed E-state index contributed by atoms with van der Waals surface area (Å²) < 4.78 is 17.8. The summed E-state index contributed by atoms with van der Waals surface area (Å²) in [7, 11) is 0. The van der Waals surface area contributed by atoms with Gasteiger partial charge in [-0.2, -0.15) is 0 Å². The van der Waals surface area contributed by atoms with Crippen LogP contribution < -0.4 is 9.47 Å². The fraction of sp³-hybridized carbons (Fsp3) is 0.615. The van der Waals surface area contributed by atoms with Crippen LogP contribution >= 0.6 is 54.5 Å². The summed E-state index contributed by atoms with van der Waals surface area (Å²) in [6.07, 6.45) is 9.80. The molecular weight excluding hydrogens is 568 g/mol. The first kappa shape index (κ1) is 26.3. The van der Waals surface area contributed by atoms with Crippen LogP contribution in [0.2, 0.25) is 0 Å². The van der Waals surface area contributed by atoms with Crippen LogP contribution in [0.5, 0.6) is 11.5 Å². The van der Waals surface area contributed by atoms with E-state index in [0.29, 0.717) is 11.8 Å². The van der Waals surface area contributed by atoms with E-state index in [9.17, 15) is 0 Å². The van der Waals surface area contributed by atoms with Gasteiger partial charge in [-0.15, -0.1) is 22.7 Å². The maximum absolute atomic E-state index is 6.58. The number of benzene rings is 1. The first-order chi connectivity index (χ1) is 15.5. The summed E-state index contributed by atoms with van der Waals surface area (Å²) in [5.74, 6) is 3.25. The Kier molecular flexibility index (Phi) is 10.7. The van der Waals surface area contributed by atoms with Gasteiger partial charge in [-0.05, 0) is 68.7 Å². The maximum atomic E-state index is 6.58. The van der Waals surface area contributed by atoms with E-state index in [0.717, 1.165) is 45.1 Å². The third-order valence-electron chi connectivity index (χ3n) is 6.32. The monoisotopic (exact) mass is 602 g/mol. The lowest BCUT2D eigenvalue weighted by Gasteiger charge is -2.19. The predicted molar refractivity (Wildman–Crippen MR) is 150 cm³/mol. The van der Waals surface area contributed by atoms with Gasteiger partial charge < -0.3 is 9.47 Å². The quantitative estimate of drug-likeness (QED) is 0.182. The van der Waals surface area contributed by atoms with Crippen LogP contribution in [0.3, 0.4) is 0 Å². The molecule has 0 unspecified atom stereocenters. The molecule has 32 heavy (non-hydrogen) atoms. The van der Waals surface area contributed by atoms with Crippen molar-refractivity contribution in [3.05, 3.63) is 19.7 Å². The molecule has 0 N–H and O–H groups in total. The largest absolute Gasteiger partial charge is 0.491 e. The lowest BCUT2D eigenvalue weighted by molar-refractivity contribution is 0.235. The van der Waals surface area contributed by atoms with Gasteiger partial charge in [0.25, 0.3) is 0 Å². The van der Waals surface area contributed by atoms with Crippen LogP contribution in [0.15, 0.2) is 19.7 Å². The summed E-state index contributed by atoms with van der Waals surface area (Å²) >= 11 is 10.9. The Morgan fingerprint density at radius 3 is 1.47 bits per heavy atom. The topological polar surface area (TPSA) is 18.5 Å². The summed E-state index contributed by atoms with van der Waals surface area (Å²) in [6.45, 7) is 10.6. The normalized spacial score (nSPS) is 13.7. The van der Waals surface area contributed by atoms with Gasteiger partial charge in [0.15, 0.2) is 0 Å². The smallest absolute Gasteiger partial charge is 0.146 e. The Labute approximate surface area is 218 Å².